The molecule has 0 aromatic heterocycles. The lowest BCUT2D eigenvalue weighted by atomic mass is 9.99. The minimum atomic E-state index is -0.313. The van der Waals surface area contributed by atoms with E-state index in [1.165, 1.54) is 32.0 Å². The molecule has 2 aromatic carbocycles. The second kappa shape index (κ2) is 10.2. The Morgan fingerprint density at radius 1 is 1.03 bits per heavy atom. The van der Waals surface area contributed by atoms with Crippen molar-refractivity contribution in [3.63, 3.8) is 0 Å². The van der Waals surface area contributed by atoms with Gasteiger partial charge in [-0.05, 0) is 70.1 Å². The quantitative estimate of drug-likeness (QED) is 0.767. The average Bonchev–Trinajstić information content (AvgIpc) is 2.80. The van der Waals surface area contributed by atoms with Gasteiger partial charge in [0.15, 0.2) is 0 Å². The highest BCUT2D eigenvalue weighted by molar-refractivity contribution is 5.94. The van der Waals surface area contributed by atoms with E-state index in [4.69, 9.17) is 4.74 Å². The number of carbonyl (C=O) groups excluding carboxylic acids is 1. The SMILES string of the molecule is CN1CCC(N2CCC(Oc3cccc(C(=O)NCc4ccccc4F)c3)CC2)CC1. The van der Waals surface area contributed by atoms with Gasteiger partial charge in [-0.2, -0.15) is 0 Å². The molecule has 0 saturated carbocycles. The molecule has 0 aliphatic carbocycles. The highest BCUT2D eigenvalue weighted by Crippen LogP contribution is 2.24. The molecule has 2 aliphatic heterocycles. The molecule has 31 heavy (non-hydrogen) atoms. The molecule has 0 atom stereocenters. The number of amides is 1. The standard InChI is InChI=1S/C25H32FN3O2/c1-28-13-9-21(10-14-28)29-15-11-22(12-16-29)31-23-7-4-6-19(17-23)25(30)27-18-20-5-2-3-8-24(20)26/h2-8,17,21-22H,9-16,18H2,1H3,(H,27,30). The van der Waals surface area contributed by atoms with Crippen LogP contribution in [0.15, 0.2) is 48.5 Å². The molecule has 2 aromatic rings. The molecule has 0 radical (unpaired) electrons. The maximum atomic E-state index is 13.8. The van der Waals surface area contributed by atoms with Gasteiger partial charge in [0.25, 0.3) is 5.91 Å². The summed E-state index contributed by atoms with van der Waals surface area (Å²) >= 11 is 0. The van der Waals surface area contributed by atoms with Crippen molar-refractivity contribution in [3.05, 3.63) is 65.5 Å². The Kier molecular flexibility index (Phi) is 7.20. The van der Waals surface area contributed by atoms with Crippen LogP contribution in [0, 0.1) is 5.82 Å². The second-order valence-electron chi connectivity index (χ2n) is 8.69. The third-order valence-corrected chi connectivity index (χ3v) is 6.48. The Balaban J connectivity index is 1.27. The van der Waals surface area contributed by atoms with Crippen LogP contribution in [0.1, 0.15) is 41.6 Å². The largest absolute Gasteiger partial charge is 0.490 e. The first-order valence-electron chi connectivity index (χ1n) is 11.3. The Labute approximate surface area is 184 Å². The summed E-state index contributed by atoms with van der Waals surface area (Å²) in [7, 11) is 2.20. The molecule has 166 valence electrons. The number of rotatable bonds is 6. The number of nitrogens with zero attached hydrogens (tertiary/aromatic N) is 2. The Morgan fingerprint density at radius 3 is 2.52 bits per heavy atom. The molecule has 1 N–H and O–H groups in total. The molecule has 0 spiro atoms. The van der Waals surface area contributed by atoms with Crippen LogP contribution in [-0.4, -0.2) is 61.1 Å². The first-order chi connectivity index (χ1) is 15.1. The molecule has 2 heterocycles. The van der Waals surface area contributed by atoms with Crippen molar-refractivity contribution >= 4 is 5.91 Å². The zero-order valence-corrected chi connectivity index (χ0v) is 18.2. The summed E-state index contributed by atoms with van der Waals surface area (Å²) in [4.78, 5) is 17.5. The van der Waals surface area contributed by atoms with E-state index in [9.17, 15) is 9.18 Å². The van der Waals surface area contributed by atoms with Crippen LogP contribution in [-0.2, 0) is 6.54 Å². The van der Waals surface area contributed by atoms with E-state index >= 15 is 0 Å². The van der Waals surface area contributed by atoms with Crippen LogP contribution >= 0.6 is 0 Å². The van der Waals surface area contributed by atoms with Crippen molar-refractivity contribution in [1.82, 2.24) is 15.1 Å². The van der Waals surface area contributed by atoms with E-state index in [1.807, 2.05) is 12.1 Å². The smallest absolute Gasteiger partial charge is 0.251 e. The summed E-state index contributed by atoms with van der Waals surface area (Å²) in [5.74, 6) is 0.175. The van der Waals surface area contributed by atoms with Crippen LogP contribution in [0.2, 0.25) is 0 Å². The summed E-state index contributed by atoms with van der Waals surface area (Å²) in [5, 5.41) is 2.79. The Hall–Kier alpha value is -2.44. The fourth-order valence-corrected chi connectivity index (χ4v) is 4.54. The fourth-order valence-electron chi connectivity index (χ4n) is 4.54. The lowest BCUT2D eigenvalue weighted by molar-refractivity contribution is 0.0525. The number of ether oxygens (including phenoxy) is 1. The Bertz CT molecular complexity index is 875. The predicted molar refractivity (Wildman–Crippen MR) is 120 cm³/mol. The monoisotopic (exact) mass is 425 g/mol. The molecule has 2 saturated heterocycles. The molecule has 1 amide bonds. The van der Waals surface area contributed by atoms with E-state index in [0.717, 1.165) is 31.7 Å². The number of piperidine rings is 2. The van der Waals surface area contributed by atoms with Gasteiger partial charge in [0, 0.05) is 36.8 Å². The van der Waals surface area contributed by atoms with Crippen molar-refractivity contribution in [1.29, 1.82) is 0 Å². The fraction of sp³-hybridized carbons (Fsp3) is 0.480. The normalized spacial score (nSPS) is 19.3. The number of hydrogen-bond acceptors (Lipinski definition) is 4. The summed E-state index contributed by atoms with van der Waals surface area (Å²) in [6, 6.07) is 14.4. The van der Waals surface area contributed by atoms with E-state index in [0.29, 0.717) is 17.2 Å². The zero-order chi connectivity index (χ0) is 21.6. The molecule has 2 aliphatic rings. The van der Waals surface area contributed by atoms with E-state index < -0.39 is 0 Å². The zero-order valence-electron chi connectivity index (χ0n) is 18.2. The van der Waals surface area contributed by atoms with Crippen molar-refractivity contribution in [2.75, 3.05) is 33.2 Å². The van der Waals surface area contributed by atoms with Gasteiger partial charge in [-0.25, -0.2) is 4.39 Å². The van der Waals surface area contributed by atoms with Gasteiger partial charge in [-0.3, -0.25) is 4.79 Å². The summed E-state index contributed by atoms with van der Waals surface area (Å²) in [6.45, 7) is 4.68. The minimum absolute atomic E-state index is 0.159. The summed E-state index contributed by atoms with van der Waals surface area (Å²) < 4.78 is 20.0. The number of benzene rings is 2. The van der Waals surface area contributed by atoms with Gasteiger partial charge in [-0.1, -0.05) is 24.3 Å². The first-order valence-corrected chi connectivity index (χ1v) is 11.3. The lowest BCUT2D eigenvalue weighted by Crippen LogP contribution is -2.48. The number of likely N-dealkylation sites (tertiary alicyclic amines) is 2. The first kappa shape index (κ1) is 21.8. The maximum absolute atomic E-state index is 13.8. The van der Waals surface area contributed by atoms with Gasteiger partial charge in [0.1, 0.15) is 17.7 Å². The lowest BCUT2D eigenvalue weighted by Gasteiger charge is -2.41. The third kappa shape index (κ3) is 5.83. The van der Waals surface area contributed by atoms with Crippen LogP contribution in [0.3, 0.4) is 0 Å². The molecule has 4 rings (SSSR count). The van der Waals surface area contributed by atoms with Crippen molar-refractivity contribution in [3.8, 4) is 5.75 Å². The molecule has 0 bridgehead atoms. The summed E-state index contributed by atoms with van der Waals surface area (Å²) in [6.07, 6.45) is 4.71. The highest BCUT2D eigenvalue weighted by Gasteiger charge is 2.28. The van der Waals surface area contributed by atoms with Gasteiger partial charge >= 0.3 is 0 Å². The van der Waals surface area contributed by atoms with Crippen LogP contribution in [0.25, 0.3) is 0 Å². The predicted octanol–water partition coefficient (Wildman–Crippen LogP) is 3.69. The topological polar surface area (TPSA) is 44.8 Å². The molecule has 6 heteroatoms. The molecular formula is C25H32FN3O2. The van der Waals surface area contributed by atoms with Crippen LogP contribution < -0.4 is 10.1 Å². The van der Waals surface area contributed by atoms with Crippen molar-refractivity contribution in [2.24, 2.45) is 0 Å². The minimum Gasteiger partial charge on any atom is -0.490 e. The van der Waals surface area contributed by atoms with Gasteiger partial charge in [-0.15, -0.1) is 0 Å². The summed E-state index contributed by atoms with van der Waals surface area (Å²) in [5.41, 5.74) is 0.997. The maximum Gasteiger partial charge on any atom is 0.251 e. The van der Waals surface area contributed by atoms with E-state index in [1.54, 1.807) is 30.3 Å². The molecule has 0 unspecified atom stereocenters. The van der Waals surface area contributed by atoms with Gasteiger partial charge < -0.3 is 19.9 Å². The number of halogens is 1. The number of carbonyl (C=O) groups is 1. The third-order valence-electron chi connectivity index (χ3n) is 6.48. The number of hydrogen-bond donors (Lipinski definition) is 1. The Morgan fingerprint density at radius 2 is 1.77 bits per heavy atom. The highest BCUT2D eigenvalue weighted by atomic mass is 19.1. The van der Waals surface area contributed by atoms with Crippen molar-refractivity contribution < 1.29 is 13.9 Å². The number of nitrogens with one attached hydrogen (secondary N) is 1. The van der Waals surface area contributed by atoms with Gasteiger partial charge in [0.2, 0.25) is 0 Å². The van der Waals surface area contributed by atoms with Gasteiger partial charge in [0.05, 0.1) is 0 Å². The molecule has 2 fully saturated rings. The van der Waals surface area contributed by atoms with E-state index in [-0.39, 0.29) is 24.4 Å². The molecular weight excluding hydrogens is 393 g/mol. The van der Waals surface area contributed by atoms with E-state index in [2.05, 4.69) is 22.2 Å². The second-order valence-corrected chi connectivity index (χ2v) is 8.69. The van der Waals surface area contributed by atoms with Crippen molar-refractivity contribution in [2.45, 2.75) is 44.4 Å². The molecule has 5 nitrogen and oxygen atoms in total. The van der Waals surface area contributed by atoms with Crippen LogP contribution in [0.4, 0.5) is 4.39 Å². The van der Waals surface area contributed by atoms with Crippen LogP contribution in [0.5, 0.6) is 5.75 Å². The average molecular weight is 426 g/mol.